The Labute approximate surface area is 138 Å². The molecule has 2 aromatic carbocycles. The molecule has 0 unspecified atom stereocenters. The molecule has 2 rings (SSSR count). The Morgan fingerprint density at radius 1 is 1.00 bits per heavy atom. The predicted molar refractivity (Wildman–Crippen MR) is 88.4 cm³/mol. The standard InChI is InChI=1S/C18H17NO5/c1-11-2-4-12(5-3-11)15(20)8-9-17(22)19-13-6-7-16(21)14(10-13)18(23)24/h2-7,10,21H,8-9H2,1H3,(H,19,22)(H,23,24). The first-order chi connectivity index (χ1) is 11.4. The van der Waals surface area contributed by atoms with E-state index in [0.717, 1.165) is 11.6 Å². The van der Waals surface area contributed by atoms with Crippen molar-refractivity contribution >= 4 is 23.3 Å². The summed E-state index contributed by atoms with van der Waals surface area (Å²) < 4.78 is 0. The van der Waals surface area contributed by atoms with Gasteiger partial charge in [0.05, 0.1) is 0 Å². The summed E-state index contributed by atoms with van der Waals surface area (Å²) in [6.45, 7) is 1.92. The maximum atomic E-state index is 12.0. The highest BCUT2D eigenvalue weighted by Gasteiger charge is 2.13. The second kappa shape index (κ2) is 7.41. The Morgan fingerprint density at radius 2 is 1.67 bits per heavy atom. The first-order valence-corrected chi connectivity index (χ1v) is 7.33. The van der Waals surface area contributed by atoms with Crippen LogP contribution in [0.1, 0.15) is 39.1 Å². The van der Waals surface area contributed by atoms with E-state index in [1.807, 2.05) is 19.1 Å². The molecule has 0 aliphatic rings. The number of aromatic carboxylic acids is 1. The second-order valence-corrected chi connectivity index (χ2v) is 5.37. The number of carboxylic acid groups (broad SMARTS) is 1. The van der Waals surface area contributed by atoms with E-state index in [-0.39, 0.29) is 35.6 Å². The zero-order valence-corrected chi connectivity index (χ0v) is 13.1. The highest BCUT2D eigenvalue weighted by atomic mass is 16.4. The number of carbonyl (C=O) groups is 3. The van der Waals surface area contributed by atoms with E-state index in [1.165, 1.54) is 12.1 Å². The summed E-state index contributed by atoms with van der Waals surface area (Å²) in [7, 11) is 0. The fourth-order valence-corrected chi connectivity index (χ4v) is 2.12. The van der Waals surface area contributed by atoms with Gasteiger partial charge < -0.3 is 15.5 Å². The van der Waals surface area contributed by atoms with E-state index in [0.29, 0.717) is 5.56 Å². The summed E-state index contributed by atoms with van der Waals surface area (Å²) in [4.78, 5) is 34.8. The molecule has 0 aliphatic carbocycles. The van der Waals surface area contributed by atoms with Crippen molar-refractivity contribution in [3.05, 3.63) is 59.2 Å². The normalized spacial score (nSPS) is 10.2. The molecular weight excluding hydrogens is 310 g/mol. The molecule has 6 heteroatoms. The Morgan fingerprint density at radius 3 is 2.29 bits per heavy atom. The topological polar surface area (TPSA) is 104 Å². The predicted octanol–water partition coefficient (Wildman–Crippen LogP) is 3.00. The van der Waals surface area contributed by atoms with E-state index in [2.05, 4.69) is 5.32 Å². The highest BCUT2D eigenvalue weighted by Crippen LogP contribution is 2.21. The van der Waals surface area contributed by atoms with Crippen molar-refractivity contribution in [2.45, 2.75) is 19.8 Å². The molecule has 6 nitrogen and oxygen atoms in total. The van der Waals surface area contributed by atoms with E-state index >= 15 is 0 Å². The fraction of sp³-hybridized carbons (Fsp3) is 0.167. The molecule has 0 heterocycles. The molecule has 0 bridgehead atoms. The number of amides is 1. The van der Waals surface area contributed by atoms with Crippen LogP contribution < -0.4 is 5.32 Å². The van der Waals surface area contributed by atoms with E-state index < -0.39 is 11.9 Å². The molecule has 0 aliphatic heterocycles. The van der Waals surface area contributed by atoms with Crippen LogP contribution in [0.15, 0.2) is 42.5 Å². The van der Waals surface area contributed by atoms with Crippen molar-refractivity contribution in [1.29, 1.82) is 0 Å². The van der Waals surface area contributed by atoms with Crippen LogP contribution in [0.3, 0.4) is 0 Å². The van der Waals surface area contributed by atoms with Gasteiger partial charge in [-0.3, -0.25) is 9.59 Å². The molecule has 1 amide bonds. The van der Waals surface area contributed by atoms with Crippen LogP contribution in [0.5, 0.6) is 5.75 Å². The van der Waals surface area contributed by atoms with Crippen molar-refractivity contribution in [3.63, 3.8) is 0 Å². The van der Waals surface area contributed by atoms with E-state index in [4.69, 9.17) is 5.11 Å². The van der Waals surface area contributed by atoms with Crippen LogP contribution in [-0.2, 0) is 4.79 Å². The number of Topliss-reactive ketones (excluding diaryl/α,β-unsaturated/α-hetero) is 1. The molecule has 0 aromatic heterocycles. The lowest BCUT2D eigenvalue weighted by Crippen LogP contribution is -2.14. The molecule has 2 aromatic rings. The van der Waals surface area contributed by atoms with Gasteiger partial charge in [0.15, 0.2) is 5.78 Å². The number of hydrogen-bond acceptors (Lipinski definition) is 4. The lowest BCUT2D eigenvalue weighted by Gasteiger charge is -2.07. The van der Waals surface area contributed by atoms with Crippen molar-refractivity contribution in [3.8, 4) is 5.75 Å². The minimum absolute atomic E-state index is 0.0179. The summed E-state index contributed by atoms with van der Waals surface area (Å²) in [6.07, 6.45) is 0.0365. The van der Waals surface area contributed by atoms with Gasteiger partial charge in [0.1, 0.15) is 11.3 Å². The number of nitrogens with one attached hydrogen (secondary N) is 1. The van der Waals surface area contributed by atoms with Crippen molar-refractivity contribution < 1.29 is 24.6 Å². The molecule has 0 radical (unpaired) electrons. The third-order valence-electron chi connectivity index (χ3n) is 3.46. The van der Waals surface area contributed by atoms with Gasteiger partial charge >= 0.3 is 5.97 Å². The molecule has 24 heavy (non-hydrogen) atoms. The van der Waals surface area contributed by atoms with Crippen LogP contribution in [-0.4, -0.2) is 27.9 Å². The molecule has 0 fully saturated rings. The van der Waals surface area contributed by atoms with Crippen LogP contribution in [0, 0.1) is 6.92 Å². The average Bonchev–Trinajstić information content (AvgIpc) is 2.55. The van der Waals surface area contributed by atoms with Gasteiger partial charge in [0.2, 0.25) is 5.91 Å². The Kier molecular flexibility index (Phi) is 5.31. The number of phenols is 1. The maximum Gasteiger partial charge on any atom is 0.339 e. The first kappa shape index (κ1) is 17.2. The second-order valence-electron chi connectivity index (χ2n) is 5.37. The minimum atomic E-state index is -1.29. The molecular formula is C18H17NO5. The quantitative estimate of drug-likeness (QED) is 0.559. The van der Waals surface area contributed by atoms with Crippen LogP contribution in [0.4, 0.5) is 5.69 Å². The lowest BCUT2D eigenvalue weighted by atomic mass is 10.0. The number of benzene rings is 2. The number of carboxylic acids is 1. The molecule has 0 saturated heterocycles. The number of rotatable bonds is 6. The number of aromatic hydroxyl groups is 1. The van der Waals surface area contributed by atoms with E-state index in [1.54, 1.807) is 12.1 Å². The van der Waals surface area contributed by atoms with Crippen LogP contribution in [0.25, 0.3) is 0 Å². The number of hydrogen-bond donors (Lipinski definition) is 3. The van der Waals surface area contributed by atoms with Gasteiger partial charge in [-0.1, -0.05) is 29.8 Å². The Bertz CT molecular complexity index is 780. The molecule has 0 saturated carbocycles. The van der Waals surface area contributed by atoms with Crippen LogP contribution >= 0.6 is 0 Å². The highest BCUT2D eigenvalue weighted by molar-refractivity contribution is 6.00. The summed E-state index contributed by atoms with van der Waals surface area (Å²) >= 11 is 0. The largest absolute Gasteiger partial charge is 0.507 e. The fourth-order valence-electron chi connectivity index (χ4n) is 2.12. The molecule has 124 valence electrons. The molecule has 3 N–H and O–H groups in total. The lowest BCUT2D eigenvalue weighted by molar-refractivity contribution is -0.116. The summed E-state index contributed by atoms with van der Waals surface area (Å²) in [5.41, 5.74) is 1.54. The monoisotopic (exact) mass is 327 g/mol. The van der Waals surface area contributed by atoms with Gasteiger partial charge in [0, 0.05) is 24.1 Å². The van der Waals surface area contributed by atoms with Gasteiger partial charge in [-0.2, -0.15) is 0 Å². The van der Waals surface area contributed by atoms with Crippen molar-refractivity contribution in [2.24, 2.45) is 0 Å². The maximum absolute atomic E-state index is 12.0. The third-order valence-corrected chi connectivity index (χ3v) is 3.46. The molecule has 0 spiro atoms. The zero-order valence-electron chi connectivity index (χ0n) is 13.1. The SMILES string of the molecule is Cc1ccc(C(=O)CCC(=O)Nc2ccc(O)c(C(=O)O)c2)cc1. The smallest absolute Gasteiger partial charge is 0.339 e. The third kappa shape index (κ3) is 4.42. The zero-order chi connectivity index (χ0) is 17.7. The van der Waals surface area contributed by atoms with Gasteiger partial charge in [0.25, 0.3) is 0 Å². The summed E-state index contributed by atoms with van der Waals surface area (Å²) in [6, 6.07) is 10.8. The van der Waals surface area contributed by atoms with Crippen molar-refractivity contribution in [1.82, 2.24) is 0 Å². The van der Waals surface area contributed by atoms with E-state index in [9.17, 15) is 19.5 Å². The molecule has 0 atom stereocenters. The summed E-state index contributed by atoms with van der Waals surface area (Å²) in [5.74, 6) is -2.22. The van der Waals surface area contributed by atoms with Gasteiger partial charge in [-0.25, -0.2) is 4.79 Å². The van der Waals surface area contributed by atoms with Crippen molar-refractivity contribution in [2.75, 3.05) is 5.32 Å². The Hall–Kier alpha value is -3.15. The minimum Gasteiger partial charge on any atom is -0.507 e. The Balaban J connectivity index is 1.94. The van der Waals surface area contributed by atoms with Crippen LogP contribution in [0.2, 0.25) is 0 Å². The summed E-state index contributed by atoms with van der Waals surface area (Å²) in [5, 5.41) is 20.9. The van der Waals surface area contributed by atoms with Gasteiger partial charge in [-0.15, -0.1) is 0 Å². The average molecular weight is 327 g/mol. The van der Waals surface area contributed by atoms with Gasteiger partial charge in [-0.05, 0) is 25.1 Å². The number of aryl methyl sites for hydroxylation is 1. The number of ketones is 1. The number of anilines is 1. The number of carbonyl (C=O) groups excluding carboxylic acids is 2. The first-order valence-electron chi connectivity index (χ1n) is 7.33.